The lowest BCUT2D eigenvalue weighted by Crippen LogP contribution is -2.32. The third-order valence-corrected chi connectivity index (χ3v) is 2.74. The first kappa shape index (κ1) is 13.6. The van der Waals surface area contributed by atoms with Crippen LogP contribution in [0.15, 0.2) is 33.5 Å². The summed E-state index contributed by atoms with van der Waals surface area (Å²) in [5, 5.41) is 18.5. The Morgan fingerprint density at radius 2 is 2.16 bits per heavy atom. The number of halogens is 2. The maximum atomic E-state index is 12.8. The Hall–Kier alpha value is -1.84. The molecule has 1 aliphatic heterocycles. The van der Waals surface area contributed by atoms with Gasteiger partial charge in [-0.3, -0.25) is 14.3 Å². The van der Waals surface area contributed by atoms with E-state index in [-0.39, 0.29) is 0 Å². The Bertz CT molecular complexity index is 619. The van der Waals surface area contributed by atoms with Crippen LogP contribution in [-0.2, 0) is 4.74 Å². The molecule has 0 amide bonds. The van der Waals surface area contributed by atoms with Gasteiger partial charge in [-0.1, -0.05) is 0 Å². The van der Waals surface area contributed by atoms with Crippen LogP contribution in [0.4, 0.5) is 8.78 Å². The average Bonchev–Trinajstić information content (AvgIpc) is 2.66. The van der Waals surface area contributed by atoms with Crippen molar-refractivity contribution in [3.63, 3.8) is 0 Å². The minimum atomic E-state index is -2.20. The first-order valence-corrected chi connectivity index (χ1v) is 5.26. The third-order valence-electron chi connectivity index (χ3n) is 2.74. The molecule has 2 heterocycles. The van der Waals surface area contributed by atoms with E-state index in [1.165, 1.54) is 0 Å². The number of H-pyrrole nitrogens is 1. The topological polar surface area (TPSA) is 105 Å². The van der Waals surface area contributed by atoms with Crippen molar-refractivity contribution in [3.8, 4) is 0 Å². The first-order valence-electron chi connectivity index (χ1n) is 5.26. The number of hydrogen-bond donors (Lipinski definition) is 3. The molecule has 0 spiro atoms. The van der Waals surface area contributed by atoms with Gasteiger partial charge in [-0.25, -0.2) is 4.79 Å². The van der Waals surface area contributed by atoms with Crippen molar-refractivity contribution in [3.05, 3.63) is 44.8 Å². The molecule has 0 aliphatic carbocycles. The Morgan fingerprint density at radius 1 is 1.47 bits per heavy atom. The predicted molar refractivity (Wildman–Crippen MR) is 57.6 cm³/mol. The van der Waals surface area contributed by atoms with Gasteiger partial charge in [0.1, 0.15) is 12.2 Å². The summed E-state index contributed by atoms with van der Waals surface area (Å²) in [5.74, 6) is 0. The van der Waals surface area contributed by atoms with Gasteiger partial charge in [0, 0.05) is 12.3 Å². The second kappa shape index (κ2) is 5.03. The van der Waals surface area contributed by atoms with Crippen LogP contribution in [0.2, 0.25) is 0 Å². The molecule has 104 valence electrons. The van der Waals surface area contributed by atoms with Crippen LogP contribution >= 0.6 is 0 Å². The van der Waals surface area contributed by atoms with E-state index in [0.29, 0.717) is 4.57 Å². The smallest absolute Gasteiger partial charge is 0.330 e. The van der Waals surface area contributed by atoms with Crippen LogP contribution in [0.1, 0.15) is 6.23 Å². The largest absolute Gasteiger partial charge is 0.394 e. The molecule has 0 aromatic carbocycles. The highest BCUT2D eigenvalue weighted by Gasteiger charge is 2.42. The van der Waals surface area contributed by atoms with Gasteiger partial charge in [0.05, 0.1) is 12.2 Å². The Morgan fingerprint density at radius 3 is 2.68 bits per heavy atom. The summed E-state index contributed by atoms with van der Waals surface area (Å²) in [6.07, 6.45) is -5.78. The van der Waals surface area contributed by atoms with Crippen molar-refractivity contribution in [2.45, 2.75) is 18.4 Å². The highest BCUT2D eigenvalue weighted by atomic mass is 19.3. The number of aromatic amines is 1. The van der Waals surface area contributed by atoms with E-state index in [1.54, 1.807) is 0 Å². The highest BCUT2D eigenvalue weighted by molar-refractivity contribution is 5.19. The van der Waals surface area contributed by atoms with Crippen LogP contribution in [0.3, 0.4) is 0 Å². The first-order chi connectivity index (χ1) is 8.95. The molecule has 3 N–H and O–H groups in total. The molecule has 1 saturated heterocycles. The van der Waals surface area contributed by atoms with Gasteiger partial charge in [0.15, 0.2) is 6.23 Å². The second-order valence-electron chi connectivity index (χ2n) is 3.89. The van der Waals surface area contributed by atoms with Crippen LogP contribution in [0, 0.1) is 0 Å². The lowest BCUT2D eigenvalue weighted by molar-refractivity contribution is -0.0448. The van der Waals surface area contributed by atoms with Gasteiger partial charge in [0.25, 0.3) is 11.6 Å². The zero-order valence-corrected chi connectivity index (χ0v) is 9.42. The quantitative estimate of drug-likeness (QED) is 0.638. The molecular weight excluding hydrogens is 266 g/mol. The third kappa shape index (κ3) is 2.35. The Kier molecular flexibility index (Phi) is 3.60. The molecule has 0 saturated carbocycles. The number of nitrogens with one attached hydrogen (secondary N) is 1. The molecule has 9 heteroatoms. The minimum Gasteiger partial charge on any atom is -0.394 e. The molecule has 3 unspecified atom stereocenters. The number of aliphatic hydroxyl groups excluding tert-OH is 2. The van der Waals surface area contributed by atoms with Gasteiger partial charge < -0.3 is 14.9 Å². The number of ether oxygens (including phenoxy) is 1. The number of aliphatic hydroxyl groups is 2. The Balaban J connectivity index is 2.52. The number of hydrogen-bond acceptors (Lipinski definition) is 5. The van der Waals surface area contributed by atoms with Crippen LogP contribution in [-0.4, -0.2) is 38.6 Å². The van der Waals surface area contributed by atoms with Gasteiger partial charge in [-0.2, -0.15) is 8.78 Å². The normalized spacial score (nSPS) is 26.7. The summed E-state index contributed by atoms with van der Waals surface area (Å²) in [4.78, 5) is 24.3. The minimum absolute atomic E-state index is 0.688. The van der Waals surface area contributed by atoms with Gasteiger partial charge in [-0.15, -0.1) is 0 Å². The standard InChI is InChI=1S/C10H10F2N2O5/c11-8(12)6-7(17)4(3-15)19-9(6)14-2-1-5(16)13-10(14)18/h1-2,4,7,9,15,17H,3H2,(H,13,16,18). The highest BCUT2D eigenvalue weighted by Crippen LogP contribution is 2.36. The van der Waals surface area contributed by atoms with Crippen molar-refractivity contribution in [1.29, 1.82) is 0 Å². The molecule has 0 bridgehead atoms. The fourth-order valence-corrected chi connectivity index (χ4v) is 1.84. The summed E-state index contributed by atoms with van der Waals surface area (Å²) in [7, 11) is 0. The van der Waals surface area contributed by atoms with E-state index in [4.69, 9.17) is 9.84 Å². The van der Waals surface area contributed by atoms with Crippen LogP contribution in [0.5, 0.6) is 0 Å². The maximum absolute atomic E-state index is 12.8. The van der Waals surface area contributed by atoms with E-state index in [9.17, 15) is 23.5 Å². The number of rotatable bonds is 2. The average molecular weight is 276 g/mol. The zero-order chi connectivity index (χ0) is 14.2. The lowest BCUT2D eigenvalue weighted by atomic mass is 10.1. The molecule has 1 aromatic heterocycles. The SMILES string of the molecule is O=c1ccn(C2OC(CO)C(O)C2=C(F)F)c(=O)[nH]1. The van der Waals surface area contributed by atoms with E-state index >= 15 is 0 Å². The summed E-state index contributed by atoms with van der Waals surface area (Å²) >= 11 is 0. The molecule has 1 aromatic rings. The molecule has 3 atom stereocenters. The van der Waals surface area contributed by atoms with Crippen LogP contribution < -0.4 is 11.2 Å². The van der Waals surface area contributed by atoms with Crippen molar-refractivity contribution in [2.75, 3.05) is 6.61 Å². The summed E-state index contributed by atoms with van der Waals surface area (Å²) < 4.78 is 31.3. The van der Waals surface area contributed by atoms with Crippen molar-refractivity contribution in [1.82, 2.24) is 9.55 Å². The van der Waals surface area contributed by atoms with Gasteiger partial charge in [-0.05, 0) is 0 Å². The van der Waals surface area contributed by atoms with Crippen molar-refractivity contribution < 1.29 is 23.7 Å². The molecule has 0 radical (unpaired) electrons. The molecule has 19 heavy (non-hydrogen) atoms. The van der Waals surface area contributed by atoms with E-state index in [2.05, 4.69) is 0 Å². The molecule has 1 aliphatic rings. The fraction of sp³-hybridized carbons (Fsp3) is 0.400. The number of nitrogens with zero attached hydrogens (tertiary/aromatic N) is 1. The van der Waals surface area contributed by atoms with E-state index in [1.807, 2.05) is 4.98 Å². The molecule has 2 rings (SSSR count). The summed E-state index contributed by atoms with van der Waals surface area (Å²) in [6, 6.07) is 0.956. The second-order valence-corrected chi connectivity index (χ2v) is 3.89. The Labute approximate surface area is 104 Å². The summed E-state index contributed by atoms with van der Waals surface area (Å²) in [5.41, 5.74) is -2.46. The fourth-order valence-electron chi connectivity index (χ4n) is 1.84. The predicted octanol–water partition coefficient (Wildman–Crippen LogP) is -1.06. The molecule has 7 nitrogen and oxygen atoms in total. The summed E-state index contributed by atoms with van der Waals surface area (Å²) in [6.45, 7) is -0.688. The van der Waals surface area contributed by atoms with E-state index < -0.39 is 47.9 Å². The monoisotopic (exact) mass is 276 g/mol. The van der Waals surface area contributed by atoms with Crippen molar-refractivity contribution in [2.24, 2.45) is 0 Å². The maximum Gasteiger partial charge on any atom is 0.330 e. The zero-order valence-electron chi connectivity index (χ0n) is 9.42. The van der Waals surface area contributed by atoms with Gasteiger partial charge in [0.2, 0.25) is 0 Å². The van der Waals surface area contributed by atoms with E-state index in [0.717, 1.165) is 12.3 Å². The van der Waals surface area contributed by atoms with Gasteiger partial charge >= 0.3 is 5.69 Å². The van der Waals surface area contributed by atoms with Crippen molar-refractivity contribution >= 4 is 0 Å². The molecular formula is C10H10F2N2O5. The molecule has 1 fully saturated rings. The number of aromatic nitrogens is 2. The van der Waals surface area contributed by atoms with Crippen LogP contribution in [0.25, 0.3) is 0 Å². The lowest BCUT2D eigenvalue weighted by Gasteiger charge is -2.14.